The van der Waals surface area contributed by atoms with Crippen LogP contribution in [0.15, 0.2) is 29.4 Å². The lowest BCUT2D eigenvalue weighted by atomic mass is 10.1. The fourth-order valence-electron chi connectivity index (χ4n) is 1.72. The SMILES string of the molecule is CC(C)N1Cc2ccccc2N(CN=[N+]=[N-])S1. The third-order valence-corrected chi connectivity index (χ3v) is 3.89. The molecule has 0 N–H and O–H groups in total. The van der Waals surface area contributed by atoms with Gasteiger partial charge in [-0.3, -0.25) is 4.31 Å². The summed E-state index contributed by atoms with van der Waals surface area (Å²) >= 11 is 1.62. The Morgan fingerprint density at radius 3 is 2.94 bits per heavy atom. The second kappa shape index (κ2) is 5.31. The van der Waals surface area contributed by atoms with Gasteiger partial charge in [0.2, 0.25) is 0 Å². The first kappa shape index (κ1) is 12.1. The van der Waals surface area contributed by atoms with Crippen LogP contribution < -0.4 is 4.31 Å². The molecule has 90 valence electrons. The molecule has 5 nitrogen and oxygen atoms in total. The van der Waals surface area contributed by atoms with E-state index in [1.807, 2.05) is 16.4 Å². The van der Waals surface area contributed by atoms with Crippen molar-refractivity contribution in [3.63, 3.8) is 0 Å². The highest BCUT2D eigenvalue weighted by molar-refractivity contribution is 7.98. The van der Waals surface area contributed by atoms with Crippen molar-refractivity contribution in [1.29, 1.82) is 0 Å². The van der Waals surface area contributed by atoms with Crippen molar-refractivity contribution in [2.45, 2.75) is 26.4 Å². The molecule has 0 saturated heterocycles. The van der Waals surface area contributed by atoms with Crippen molar-refractivity contribution < 1.29 is 0 Å². The van der Waals surface area contributed by atoms with Gasteiger partial charge in [-0.05, 0) is 31.0 Å². The standard InChI is InChI=1S/C11H15N5S/c1-9(2)15-7-10-5-3-4-6-11(10)16(17-15)8-13-14-12/h3-6,9H,7-8H2,1-2H3. The first-order chi connectivity index (χ1) is 8.22. The van der Waals surface area contributed by atoms with E-state index in [4.69, 9.17) is 5.53 Å². The van der Waals surface area contributed by atoms with E-state index in [-0.39, 0.29) is 0 Å². The number of hydrogen-bond acceptors (Lipinski definition) is 4. The summed E-state index contributed by atoms with van der Waals surface area (Å²) in [6.45, 7) is 5.59. The zero-order valence-corrected chi connectivity index (χ0v) is 10.8. The molecule has 1 aromatic rings. The summed E-state index contributed by atoms with van der Waals surface area (Å²) in [5, 5.41) is 3.65. The van der Waals surface area contributed by atoms with Gasteiger partial charge in [0.15, 0.2) is 0 Å². The number of azide groups is 1. The van der Waals surface area contributed by atoms with Crippen molar-refractivity contribution in [1.82, 2.24) is 4.31 Å². The molecule has 1 aromatic carbocycles. The van der Waals surface area contributed by atoms with E-state index in [2.05, 4.69) is 40.3 Å². The summed E-state index contributed by atoms with van der Waals surface area (Å²) in [5.41, 5.74) is 10.8. The lowest BCUT2D eigenvalue weighted by molar-refractivity contribution is 0.385. The van der Waals surface area contributed by atoms with Crippen LogP contribution in [0.1, 0.15) is 19.4 Å². The Labute approximate surface area is 105 Å². The predicted octanol–water partition coefficient (Wildman–Crippen LogP) is 3.55. The first-order valence-corrected chi connectivity index (χ1v) is 6.26. The van der Waals surface area contributed by atoms with E-state index in [0.29, 0.717) is 12.7 Å². The van der Waals surface area contributed by atoms with Crippen LogP contribution in [-0.4, -0.2) is 17.0 Å². The highest BCUT2D eigenvalue weighted by Crippen LogP contribution is 2.36. The fraction of sp³-hybridized carbons (Fsp3) is 0.455. The molecule has 0 unspecified atom stereocenters. The highest BCUT2D eigenvalue weighted by atomic mass is 32.2. The largest absolute Gasteiger partial charge is 0.297 e. The smallest absolute Gasteiger partial charge is 0.110 e. The zero-order valence-electron chi connectivity index (χ0n) is 9.95. The van der Waals surface area contributed by atoms with Crippen LogP contribution in [0.4, 0.5) is 5.69 Å². The number of anilines is 1. The number of hydrogen-bond donors (Lipinski definition) is 0. The van der Waals surface area contributed by atoms with E-state index >= 15 is 0 Å². The number of fused-ring (bicyclic) bond motifs is 1. The molecule has 1 heterocycles. The van der Waals surface area contributed by atoms with Crippen LogP contribution in [0.25, 0.3) is 10.4 Å². The van der Waals surface area contributed by atoms with Crippen LogP contribution in [0.2, 0.25) is 0 Å². The first-order valence-electron chi connectivity index (χ1n) is 5.53. The van der Waals surface area contributed by atoms with Crippen LogP contribution in [0.5, 0.6) is 0 Å². The molecule has 6 heteroatoms. The summed E-state index contributed by atoms with van der Waals surface area (Å²) in [6.07, 6.45) is 0. The third-order valence-electron chi connectivity index (χ3n) is 2.62. The normalized spacial score (nSPS) is 15.6. The summed E-state index contributed by atoms with van der Waals surface area (Å²) in [6, 6.07) is 8.68. The molecular formula is C11H15N5S. The molecule has 0 fully saturated rings. The summed E-state index contributed by atoms with van der Waals surface area (Å²) in [5.74, 6) is 0. The number of rotatable bonds is 3. The molecule has 0 aliphatic carbocycles. The maximum absolute atomic E-state index is 8.43. The van der Waals surface area contributed by atoms with Gasteiger partial charge in [0.25, 0.3) is 0 Å². The molecule has 2 rings (SSSR count). The Kier molecular flexibility index (Phi) is 3.78. The lowest BCUT2D eigenvalue weighted by Crippen LogP contribution is -2.34. The van der Waals surface area contributed by atoms with Crippen molar-refractivity contribution in [2.75, 3.05) is 11.0 Å². The van der Waals surface area contributed by atoms with Gasteiger partial charge in [-0.15, -0.1) is 0 Å². The molecule has 0 aromatic heterocycles. The molecule has 0 saturated carbocycles. The Hall–Kier alpha value is -1.36. The molecule has 1 aliphatic rings. The van der Waals surface area contributed by atoms with Crippen molar-refractivity contribution in [3.05, 3.63) is 40.3 Å². The predicted molar refractivity (Wildman–Crippen MR) is 71.2 cm³/mol. The lowest BCUT2D eigenvalue weighted by Gasteiger charge is -2.37. The Morgan fingerprint density at radius 1 is 1.47 bits per heavy atom. The number of para-hydroxylation sites is 1. The molecular weight excluding hydrogens is 234 g/mol. The van der Waals surface area contributed by atoms with Gasteiger partial charge in [-0.1, -0.05) is 23.3 Å². The van der Waals surface area contributed by atoms with E-state index < -0.39 is 0 Å². The second-order valence-electron chi connectivity index (χ2n) is 4.13. The average Bonchev–Trinajstić information content (AvgIpc) is 2.35. The molecule has 1 aliphatic heterocycles. The van der Waals surface area contributed by atoms with E-state index in [0.717, 1.165) is 12.2 Å². The Bertz CT molecular complexity index is 441. The molecule has 0 atom stereocenters. The minimum Gasteiger partial charge on any atom is -0.297 e. The summed E-state index contributed by atoms with van der Waals surface area (Å²) in [7, 11) is 0. The van der Waals surface area contributed by atoms with Crippen LogP contribution >= 0.6 is 12.1 Å². The maximum Gasteiger partial charge on any atom is 0.110 e. The van der Waals surface area contributed by atoms with Gasteiger partial charge in [0.1, 0.15) is 6.67 Å². The second-order valence-corrected chi connectivity index (χ2v) is 5.20. The molecule has 0 amide bonds. The summed E-state index contributed by atoms with van der Waals surface area (Å²) in [4.78, 5) is 2.82. The highest BCUT2D eigenvalue weighted by Gasteiger charge is 2.24. The minimum atomic E-state index is 0.349. The summed E-state index contributed by atoms with van der Waals surface area (Å²) < 4.78 is 4.30. The van der Waals surface area contributed by atoms with Gasteiger partial charge >= 0.3 is 0 Å². The monoisotopic (exact) mass is 249 g/mol. The molecule has 17 heavy (non-hydrogen) atoms. The van der Waals surface area contributed by atoms with E-state index in [1.165, 1.54) is 5.56 Å². The third kappa shape index (κ3) is 2.66. The molecule has 0 spiro atoms. The van der Waals surface area contributed by atoms with E-state index in [1.54, 1.807) is 12.1 Å². The topological polar surface area (TPSA) is 55.2 Å². The Morgan fingerprint density at radius 2 is 2.24 bits per heavy atom. The maximum atomic E-state index is 8.43. The van der Waals surface area contributed by atoms with Crippen molar-refractivity contribution in [2.24, 2.45) is 5.11 Å². The number of benzene rings is 1. The van der Waals surface area contributed by atoms with Crippen LogP contribution in [0, 0.1) is 0 Å². The van der Waals surface area contributed by atoms with Gasteiger partial charge in [-0.25, -0.2) is 4.31 Å². The van der Waals surface area contributed by atoms with Gasteiger partial charge < -0.3 is 0 Å². The van der Waals surface area contributed by atoms with Crippen LogP contribution in [-0.2, 0) is 6.54 Å². The Balaban J connectivity index is 2.28. The average molecular weight is 249 g/mol. The van der Waals surface area contributed by atoms with Crippen LogP contribution in [0.3, 0.4) is 0 Å². The number of nitrogens with zero attached hydrogens (tertiary/aromatic N) is 5. The fourth-order valence-corrected chi connectivity index (χ4v) is 2.73. The van der Waals surface area contributed by atoms with Crippen molar-refractivity contribution >= 4 is 17.8 Å². The van der Waals surface area contributed by atoms with Gasteiger partial charge in [-0.2, -0.15) is 0 Å². The van der Waals surface area contributed by atoms with Gasteiger partial charge in [0, 0.05) is 29.6 Å². The van der Waals surface area contributed by atoms with E-state index in [9.17, 15) is 0 Å². The molecule has 0 radical (unpaired) electrons. The van der Waals surface area contributed by atoms with Crippen molar-refractivity contribution in [3.8, 4) is 0 Å². The van der Waals surface area contributed by atoms with Gasteiger partial charge in [0.05, 0.1) is 5.69 Å². The molecule has 0 bridgehead atoms. The quantitative estimate of drug-likeness (QED) is 0.356. The zero-order chi connectivity index (χ0) is 12.3. The minimum absolute atomic E-state index is 0.349.